The van der Waals surface area contributed by atoms with Gasteiger partial charge >= 0.3 is 0 Å². The van der Waals surface area contributed by atoms with E-state index in [1.165, 1.54) is 29.4 Å². The number of amides is 1. The lowest BCUT2D eigenvalue weighted by atomic mass is 10.0. The minimum atomic E-state index is -0.0233. The summed E-state index contributed by atoms with van der Waals surface area (Å²) in [6.45, 7) is 7.15. The molecule has 1 amide bonds. The maximum Gasteiger partial charge on any atom is 0.255 e. The molecule has 3 aliphatic rings. The first-order valence-corrected chi connectivity index (χ1v) is 16.5. The Balaban J connectivity index is 1.24. The summed E-state index contributed by atoms with van der Waals surface area (Å²) in [4.78, 5) is 20.2. The SMILES string of the molecule is COCN(C)C1CCN(c2ccc3cc(-c4nn5cc(C(=O)N6CCC[C@@H](N)C6)cc(OC)c5c4C)n(CC4CC4)c3c2)CC1. The van der Waals surface area contributed by atoms with E-state index >= 15 is 0 Å². The molecule has 3 aromatic heterocycles. The molecular weight excluding hydrogens is 566 g/mol. The molecule has 7 rings (SSSR count). The van der Waals surface area contributed by atoms with Gasteiger partial charge < -0.3 is 29.6 Å². The topological polar surface area (TPSA) is 93.5 Å². The van der Waals surface area contributed by atoms with E-state index in [1.807, 2.05) is 21.7 Å². The molecule has 10 nitrogen and oxygen atoms in total. The molecule has 1 saturated carbocycles. The number of methoxy groups -OCH3 is 2. The number of hydrogen-bond acceptors (Lipinski definition) is 7. The highest BCUT2D eigenvalue weighted by Crippen LogP contribution is 2.39. The highest BCUT2D eigenvalue weighted by Gasteiger charge is 2.29. The fourth-order valence-corrected chi connectivity index (χ4v) is 7.44. The van der Waals surface area contributed by atoms with E-state index in [-0.39, 0.29) is 11.9 Å². The number of nitrogens with zero attached hydrogens (tertiary/aromatic N) is 6. The smallest absolute Gasteiger partial charge is 0.255 e. The van der Waals surface area contributed by atoms with Gasteiger partial charge in [-0.1, -0.05) is 6.07 Å². The zero-order chi connectivity index (χ0) is 31.2. The van der Waals surface area contributed by atoms with Gasteiger partial charge in [-0.2, -0.15) is 5.10 Å². The molecule has 1 aliphatic carbocycles. The van der Waals surface area contributed by atoms with E-state index in [0.717, 1.165) is 74.3 Å². The van der Waals surface area contributed by atoms with Crippen LogP contribution in [0, 0.1) is 12.8 Å². The predicted octanol–water partition coefficient (Wildman–Crippen LogP) is 4.75. The number of carbonyl (C=O) groups is 1. The van der Waals surface area contributed by atoms with Crippen LogP contribution in [0.1, 0.15) is 54.4 Å². The zero-order valence-electron chi connectivity index (χ0n) is 27.2. The molecule has 0 radical (unpaired) electrons. The minimum Gasteiger partial charge on any atom is -0.494 e. The van der Waals surface area contributed by atoms with Crippen molar-refractivity contribution in [3.63, 3.8) is 0 Å². The van der Waals surface area contributed by atoms with Crippen molar-refractivity contribution < 1.29 is 14.3 Å². The van der Waals surface area contributed by atoms with Gasteiger partial charge in [0.05, 0.1) is 30.6 Å². The number of anilines is 1. The molecule has 4 aromatic rings. The Kier molecular flexibility index (Phi) is 8.22. The molecular formula is C35H47N7O3. The van der Waals surface area contributed by atoms with Crippen molar-refractivity contribution in [3.05, 3.63) is 47.7 Å². The van der Waals surface area contributed by atoms with E-state index < -0.39 is 0 Å². The van der Waals surface area contributed by atoms with Crippen LogP contribution in [-0.2, 0) is 11.3 Å². The number of piperidine rings is 2. The van der Waals surface area contributed by atoms with Gasteiger partial charge in [0.25, 0.3) is 5.91 Å². The number of rotatable bonds is 9. The van der Waals surface area contributed by atoms with E-state index in [1.54, 1.807) is 14.2 Å². The molecule has 2 aliphatic heterocycles. The lowest BCUT2D eigenvalue weighted by molar-refractivity contribution is 0.0453. The fourth-order valence-electron chi connectivity index (χ4n) is 7.44. The summed E-state index contributed by atoms with van der Waals surface area (Å²) < 4.78 is 15.6. The molecule has 0 bridgehead atoms. The number of likely N-dealkylation sites (tertiary alicyclic amines) is 1. The summed E-state index contributed by atoms with van der Waals surface area (Å²) >= 11 is 0. The van der Waals surface area contributed by atoms with Crippen LogP contribution in [0.5, 0.6) is 5.75 Å². The second-order valence-electron chi connectivity index (χ2n) is 13.4. The molecule has 45 heavy (non-hydrogen) atoms. The van der Waals surface area contributed by atoms with Crippen molar-refractivity contribution in [1.29, 1.82) is 0 Å². The lowest BCUT2D eigenvalue weighted by Gasteiger charge is -2.37. The highest BCUT2D eigenvalue weighted by molar-refractivity contribution is 5.96. The maximum absolute atomic E-state index is 13.5. The number of carbonyl (C=O) groups excluding carboxylic acids is 1. The average Bonchev–Trinajstić information content (AvgIpc) is 3.73. The number of nitrogens with two attached hydrogens (primary N) is 1. The molecule has 5 heterocycles. The average molecular weight is 614 g/mol. The van der Waals surface area contributed by atoms with Crippen molar-refractivity contribution in [2.75, 3.05) is 59.1 Å². The van der Waals surface area contributed by atoms with E-state index in [4.69, 9.17) is 20.3 Å². The van der Waals surface area contributed by atoms with Gasteiger partial charge in [-0.25, -0.2) is 4.52 Å². The van der Waals surface area contributed by atoms with E-state index in [0.29, 0.717) is 36.5 Å². The third-order valence-electron chi connectivity index (χ3n) is 10.2. The lowest BCUT2D eigenvalue weighted by Crippen LogP contribution is -2.45. The van der Waals surface area contributed by atoms with Crippen LogP contribution in [-0.4, -0.2) is 96.1 Å². The van der Waals surface area contributed by atoms with Crippen molar-refractivity contribution in [2.24, 2.45) is 11.7 Å². The quantitative estimate of drug-likeness (QED) is 0.273. The zero-order valence-corrected chi connectivity index (χ0v) is 27.2. The summed E-state index contributed by atoms with van der Waals surface area (Å²) in [5.74, 6) is 1.33. The number of aromatic nitrogens is 3. The molecule has 1 aromatic carbocycles. The van der Waals surface area contributed by atoms with E-state index in [2.05, 4.69) is 52.6 Å². The Bertz CT molecular complexity index is 1700. The maximum atomic E-state index is 13.5. The fraction of sp³-hybridized carbons (Fsp3) is 0.543. The van der Waals surface area contributed by atoms with Crippen LogP contribution in [0.25, 0.3) is 27.8 Å². The van der Waals surface area contributed by atoms with Crippen LogP contribution >= 0.6 is 0 Å². The first kappa shape index (κ1) is 30.1. The van der Waals surface area contributed by atoms with Gasteiger partial charge in [0.1, 0.15) is 17.0 Å². The van der Waals surface area contributed by atoms with Gasteiger partial charge in [-0.05, 0) is 82.7 Å². The van der Waals surface area contributed by atoms with E-state index in [9.17, 15) is 4.79 Å². The number of fused-ring (bicyclic) bond motifs is 2. The number of aryl methyl sites for hydroxylation is 1. The Labute approximate surface area is 265 Å². The number of pyridine rings is 1. The second kappa shape index (κ2) is 12.3. The van der Waals surface area contributed by atoms with Crippen molar-refractivity contribution in [1.82, 2.24) is 24.0 Å². The number of ether oxygens (including phenoxy) is 2. The highest BCUT2D eigenvalue weighted by atomic mass is 16.5. The Morgan fingerprint density at radius 3 is 2.58 bits per heavy atom. The monoisotopic (exact) mass is 613 g/mol. The van der Waals surface area contributed by atoms with Gasteiger partial charge in [0.15, 0.2) is 0 Å². The minimum absolute atomic E-state index is 0.0233. The Morgan fingerprint density at radius 1 is 1.07 bits per heavy atom. The van der Waals surface area contributed by atoms with Crippen molar-refractivity contribution >= 4 is 28.0 Å². The summed E-state index contributed by atoms with van der Waals surface area (Å²) in [6.07, 6.45) is 8.53. The van der Waals surface area contributed by atoms with Crippen molar-refractivity contribution in [3.8, 4) is 17.1 Å². The summed E-state index contributed by atoms with van der Waals surface area (Å²) in [5, 5.41) is 6.35. The number of benzene rings is 1. The summed E-state index contributed by atoms with van der Waals surface area (Å²) in [7, 11) is 5.58. The Hall–Kier alpha value is -3.60. The first-order valence-electron chi connectivity index (χ1n) is 16.5. The standard InChI is InChI=1S/C35H47N7O3/c1-23-33(37-42-20-26(17-32(45-4)34(23)42)35(43)40-13-5-6-27(36)21-40)31-16-25-9-10-29(18-30(25)41(31)19-24-7-8-24)39-14-11-28(12-15-39)38(2)22-44-3/h9-10,16-18,20,24,27-28H,5-8,11-15,19,21-22,36H2,1-4H3/t27-/m1/s1. The third kappa shape index (κ3) is 5.79. The van der Waals surface area contributed by atoms with Crippen LogP contribution in [0.4, 0.5) is 5.69 Å². The molecule has 1 atom stereocenters. The van der Waals surface area contributed by atoms with Crippen LogP contribution in [0.2, 0.25) is 0 Å². The molecule has 240 valence electrons. The van der Waals surface area contributed by atoms with Crippen LogP contribution in [0.3, 0.4) is 0 Å². The van der Waals surface area contributed by atoms with Gasteiger partial charge in [0.2, 0.25) is 0 Å². The molecule has 0 unspecified atom stereocenters. The van der Waals surface area contributed by atoms with Gasteiger partial charge in [0, 0.05) is 74.8 Å². The molecule has 3 fully saturated rings. The largest absolute Gasteiger partial charge is 0.494 e. The van der Waals surface area contributed by atoms with Crippen molar-refractivity contribution in [2.45, 2.75) is 64.1 Å². The normalized spacial score (nSPS) is 19.7. The third-order valence-corrected chi connectivity index (χ3v) is 10.2. The molecule has 2 saturated heterocycles. The molecule has 10 heteroatoms. The Morgan fingerprint density at radius 2 is 1.87 bits per heavy atom. The van der Waals surface area contributed by atoms with Crippen LogP contribution in [0.15, 0.2) is 36.5 Å². The molecule has 2 N–H and O–H groups in total. The van der Waals surface area contributed by atoms with Crippen LogP contribution < -0.4 is 15.4 Å². The first-order chi connectivity index (χ1) is 21.8. The summed E-state index contributed by atoms with van der Waals surface area (Å²) in [5.41, 5.74) is 13.3. The predicted molar refractivity (Wildman–Crippen MR) is 178 cm³/mol. The number of hydrogen-bond donors (Lipinski definition) is 1. The molecule has 0 spiro atoms. The summed E-state index contributed by atoms with van der Waals surface area (Å²) in [6, 6.07) is 11.7. The second-order valence-corrected chi connectivity index (χ2v) is 13.4. The van der Waals surface area contributed by atoms with Gasteiger partial charge in [-0.3, -0.25) is 9.69 Å². The van der Waals surface area contributed by atoms with Gasteiger partial charge in [-0.15, -0.1) is 0 Å².